The highest BCUT2D eigenvalue weighted by Gasteiger charge is 2.50. The van der Waals surface area contributed by atoms with Crippen molar-refractivity contribution in [2.75, 3.05) is 14.1 Å². The minimum Gasteiger partial charge on any atom is -0.348 e. The van der Waals surface area contributed by atoms with E-state index in [-0.39, 0.29) is 17.3 Å². The first kappa shape index (κ1) is 16.0. The number of ketones is 1. The van der Waals surface area contributed by atoms with Crippen molar-refractivity contribution in [3.63, 3.8) is 0 Å². The summed E-state index contributed by atoms with van der Waals surface area (Å²) in [4.78, 5) is 26.8. The molecule has 0 N–H and O–H groups in total. The van der Waals surface area contributed by atoms with Gasteiger partial charge < -0.3 is 4.90 Å². The Balaban J connectivity index is 2.76. The lowest BCUT2D eigenvalue weighted by Gasteiger charge is -2.41. The maximum Gasteiger partial charge on any atom is 0.236 e. The lowest BCUT2D eigenvalue weighted by Crippen LogP contribution is -2.50. The highest BCUT2D eigenvalue weighted by Crippen LogP contribution is 2.45. The normalized spacial score (nSPS) is 23.4. The molecular formula is C18H20N2O2. The Hall–Kier alpha value is -2.41. The van der Waals surface area contributed by atoms with Crippen molar-refractivity contribution < 1.29 is 9.59 Å². The quantitative estimate of drug-likeness (QED) is 0.842. The first-order chi connectivity index (χ1) is 10.2. The Bertz CT molecular complexity index is 681. The molecule has 0 saturated carbocycles. The summed E-state index contributed by atoms with van der Waals surface area (Å²) in [6, 6.07) is 11.3. The second kappa shape index (κ2) is 5.42. The molecular weight excluding hydrogens is 276 g/mol. The minimum atomic E-state index is -0.979. The number of Topliss-reactive ketones (excluding diaryl/α,β-unsaturated/α-hetero) is 1. The third-order valence-electron chi connectivity index (χ3n) is 4.17. The lowest BCUT2D eigenvalue weighted by molar-refractivity contribution is -0.136. The molecule has 1 aliphatic carbocycles. The van der Waals surface area contributed by atoms with E-state index in [0.29, 0.717) is 6.42 Å². The topological polar surface area (TPSA) is 61.2 Å². The number of rotatable bonds is 2. The Morgan fingerprint density at radius 3 is 2.32 bits per heavy atom. The van der Waals surface area contributed by atoms with Crippen molar-refractivity contribution >= 4 is 11.7 Å². The van der Waals surface area contributed by atoms with Gasteiger partial charge in [-0.25, -0.2) is 0 Å². The van der Waals surface area contributed by atoms with Gasteiger partial charge >= 0.3 is 0 Å². The Morgan fingerprint density at radius 2 is 1.82 bits per heavy atom. The van der Waals surface area contributed by atoms with Crippen molar-refractivity contribution in [1.82, 2.24) is 4.90 Å². The summed E-state index contributed by atoms with van der Waals surface area (Å²) < 4.78 is 0. The third-order valence-corrected chi connectivity index (χ3v) is 4.17. The fraction of sp³-hybridized carbons (Fsp3) is 0.389. The Labute approximate surface area is 131 Å². The average molecular weight is 296 g/mol. The monoisotopic (exact) mass is 296 g/mol. The fourth-order valence-electron chi connectivity index (χ4n) is 3.17. The maximum absolute atomic E-state index is 12.9. The summed E-state index contributed by atoms with van der Waals surface area (Å²) in [7, 11) is 3.38. The van der Waals surface area contributed by atoms with Crippen molar-refractivity contribution in [3.05, 3.63) is 47.5 Å². The van der Waals surface area contributed by atoms with E-state index < -0.39 is 10.8 Å². The molecule has 1 aromatic carbocycles. The molecule has 1 aliphatic rings. The standard InChI is InChI=1S/C18H20N2O2/c1-17(2)12-18(16(22)20(3)4,10-13(11-19)15(17)21)14-8-6-5-7-9-14/h5-10H,12H2,1-4H3. The first-order valence-electron chi connectivity index (χ1n) is 7.20. The SMILES string of the molecule is CN(C)C(=O)C1(c2ccccc2)C=C(C#N)C(=O)C(C)(C)C1. The molecule has 22 heavy (non-hydrogen) atoms. The van der Waals surface area contributed by atoms with Crippen molar-refractivity contribution in [3.8, 4) is 6.07 Å². The molecule has 4 heteroatoms. The van der Waals surface area contributed by atoms with Crippen molar-refractivity contribution in [1.29, 1.82) is 5.26 Å². The van der Waals surface area contributed by atoms with Crippen LogP contribution >= 0.6 is 0 Å². The first-order valence-corrected chi connectivity index (χ1v) is 7.20. The molecule has 0 bridgehead atoms. The van der Waals surface area contributed by atoms with Gasteiger partial charge in [0.15, 0.2) is 5.78 Å². The maximum atomic E-state index is 12.9. The number of carbonyl (C=O) groups excluding carboxylic acids is 2. The molecule has 0 radical (unpaired) electrons. The van der Waals surface area contributed by atoms with E-state index in [1.54, 1.807) is 34.0 Å². The number of likely N-dealkylation sites (N-methyl/N-ethyl adjacent to an activating group) is 1. The van der Waals surface area contributed by atoms with Crippen LogP contribution in [-0.4, -0.2) is 30.7 Å². The van der Waals surface area contributed by atoms with Crippen molar-refractivity contribution in [2.45, 2.75) is 25.7 Å². The fourth-order valence-corrected chi connectivity index (χ4v) is 3.17. The van der Waals surface area contributed by atoms with Gasteiger partial charge in [-0.3, -0.25) is 9.59 Å². The summed E-state index contributed by atoms with van der Waals surface area (Å²) in [6.45, 7) is 3.58. The van der Waals surface area contributed by atoms with Gasteiger partial charge in [-0.05, 0) is 18.1 Å². The van der Waals surface area contributed by atoms with E-state index in [0.717, 1.165) is 5.56 Å². The lowest BCUT2D eigenvalue weighted by atomic mass is 9.61. The Kier molecular flexibility index (Phi) is 3.93. The van der Waals surface area contributed by atoms with Crippen LogP contribution in [0.25, 0.3) is 0 Å². The zero-order valence-electron chi connectivity index (χ0n) is 13.4. The number of hydrogen-bond donors (Lipinski definition) is 0. The summed E-state index contributed by atoms with van der Waals surface area (Å²) in [5.74, 6) is -0.319. The predicted molar refractivity (Wildman–Crippen MR) is 83.9 cm³/mol. The van der Waals surface area contributed by atoms with Gasteiger partial charge in [0.05, 0.1) is 11.0 Å². The van der Waals surface area contributed by atoms with E-state index >= 15 is 0 Å². The molecule has 0 spiro atoms. The predicted octanol–water partition coefficient (Wildman–Crippen LogP) is 2.46. The molecule has 1 amide bonds. The van der Waals surface area contributed by atoms with Crippen LogP contribution < -0.4 is 0 Å². The van der Waals surface area contributed by atoms with E-state index in [1.165, 1.54) is 4.90 Å². The van der Waals surface area contributed by atoms with E-state index in [9.17, 15) is 14.9 Å². The van der Waals surface area contributed by atoms with Gasteiger partial charge in [0, 0.05) is 19.5 Å². The molecule has 114 valence electrons. The highest BCUT2D eigenvalue weighted by molar-refractivity contribution is 6.07. The number of carbonyl (C=O) groups is 2. The zero-order valence-corrected chi connectivity index (χ0v) is 13.4. The molecule has 2 rings (SSSR count). The average Bonchev–Trinajstić information content (AvgIpc) is 2.49. The van der Waals surface area contributed by atoms with Gasteiger partial charge in [0.1, 0.15) is 6.07 Å². The van der Waals surface area contributed by atoms with Gasteiger partial charge in [-0.15, -0.1) is 0 Å². The second-order valence-electron chi connectivity index (χ2n) is 6.60. The second-order valence-corrected chi connectivity index (χ2v) is 6.60. The molecule has 4 nitrogen and oxygen atoms in total. The van der Waals surface area contributed by atoms with E-state index in [1.807, 2.05) is 36.4 Å². The summed E-state index contributed by atoms with van der Waals surface area (Å²) in [6.07, 6.45) is 1.91. The van der Waals surface area contributed by atoms with E-state index in [2.05, 4.69) is 0 Å². The molecule has 1 unspecified atom stereocenters. The number of hydrogen-bond acceptors (Lipinski definition) is 3. The third kappa shape index (κ3) is 2.43. The van der Waals surface area contributed by atoms with Crippen LogP contribution in [0.1, 0.15) is 25.8 Å². The number of amides is 1. The van der Waals surface area contributed by atoms with Gasteiger partial charge in [-0.2, -0.15) is 5.26 Å². The number of nitrogens with zero attached hydrogens (tertiary/aromatic N) is 2. The molecule has 0 aromatic heterocycles. The molecule has 1 aromatic rings. The summed E-state index contributed by atoms with van der Waals surface area (Å²) in [5, 5.41) is 9.33. The molecule has 0 fully saturated rings. The smallest absolute Gasteiger partial charge is 0.236 e. The number of allylic oxidation sites excluding steroid dienone is 1. The number of nitriles is 1. The summed E-state index contributed by atoms with van der Waals surface area (Å²) >= 11 is 0. The summed E-state index contributed by atoms with van der Waals surface area (Å²) in [5.41, 5.74) is -0.869. The van der Waals surface area contributed by atoms with Gasteiger partial charge in [0.2, 0.25) is 5.91 Å². The largest absolute Gasteiger partial charge is 0.348 e. The van der Waals surface area contributed by atoms with Crippen molar-refractivity contribution in [2.24, 2.45) is 5.41 Å². The zero-order chi connectivity index (χ0) is 16.5. The molecule has 0 aliphatic heterocycles. The van der Waals surface area contributed by atoms with Gasteiger partial charge in [-0.1, -0.05) is 44.2 Å². The van der Waals surface area contributed by atoms with Crippen LogP contribution in [0.4, 0.5) is 0 Å². The molecule has 1 atom stereocenters. The number of benzene rings is 1. The van der Waals surface area contributed by atoms with Crippen LogP contribution in [0, 0.1) is 16.7 Å². The van der Waals surface area contributed by atoms with Crippen LogP contribution in [0.15, 0.2) is 42.0 Å². The van der Waals surface area contributed by atoms with E-state index in [4.69, 9.17) is 0 Å². The van der Waals surface area contributed by atoms with Crippen LogP contribution in [-0.2, 0) is 15.0 Å². The molecule has 0 heterocycles. The van der Waals surface area contributed by atoms with Crippen LogP contribution in [0.3, 0.4) is 0 Å². The van der Waals surface area contributed by atoms with Gasteiger partial charge in [0.25, 0.3) is 0 Å². The highest BCUT2D eigenvalue weighted by atomic mass is 16.2. The van der Waals surface area contributed by atoms with Crippen LogP contribution in [0.2, 0.25) is 0 Å². The molecule has 0 saturated heterocycles. The Morgan fingerprint density at radius 1 is 1.23 bits per heavy atom. The van der Waals surface area contributed by atoms with Crippen LogP contribution in [0.5, 0.6) is 0 Å². The minimum absolute atomic E-state index is 0.0651.